The fourth-order valence-electron chi connectivity index (χ4n) is 2.97. The predicted octanol–water partition coefficient (Wildman–Crippen LogP) is 1.80. The number of aliphatic carboxylic acids is 1. The molecule has 120 valence electrons. The van der Waals surface area contributed by atoms with Crippen LogP contribution in [0, 0.1) is 5.92 Å². The van der Waals surface area contributed by atoms with Crippen LogP contribution in [0.5, 0.6) is 0 Å². The summed E-state index contributed by atoms with van der Waals surface area (Å²) in [5.74, 6) is -0.935. The third-order valence-electron chi connectivity index (χ3n) is 4.30. The van der Waals surface area contributed by atoms with Crippen molar-refractivity contribution >= 4 is 5.97 Å². The number of carboxylic acid groups (broad SMARTS) is 1. The first kappa shape index (κ1) is 15.5. The van der Waals surface area contributed by atoms with Gasteiger partial charge in [-0.3, -0.25) is 14.5 Å². The normalized spacial score (nSPS) is 18.2. The maximum Gasteiger partial charge on any atom is 0.307 e. The minimum Gasteiger partial charge on any atom is -0.481 e. The van der Waals surface area contributed by atoms with E-state index < -0.39 is 5.97 Å². The molecule has 0 bridgehead atoms. The second-order valence-electron chi connectivity index (χ2n) is 6.04. The minimum absolute atomic E-state index is 0.00615. The fourth-order valence-corrected chi connectivity index (χ4v) is 2.97. The van der Waals surface area contributed by atoms with Crippen LogP contribution in [0.15, 0.2) is 53.5 Å². The Hall–Kier alpha value is -2.40. The van der Waals surface area contributed by atoms with Crippen molar-refractivity contribution in [2.24, 2.45) is 5.92 Å². The van der Waals surface area contributed by atoms with Crippen LogP contribution >= 0.6 is 0 Å². The van der Waals surface area contributed by atoms with E-state index in [2.05, 4.69) is 17.0 Å². The first-order valence-corrected chi connectivity index (χ1v) is 7.80. The van der Waals surface area contributed by atoms with Gasteiger partial charge in [0.15, 0.2) is 0 Å². The molecule has 1 fully saturated rings. The van der Waals surface area contributed by atoms with Crippen LogP contribution in [0.2, 0.25) is 0 Å². The molecule has 0 saturated carbocycles. The van der Waals surface area contributed by atoms with E-state index in [-0.39, 0.29) is 11.5 Å². The summed E-state index contributed by atoms with van der Waals surface area (Å²) in [7, 11) is 0. The quantitative estimate of drug-likeness (QED) is 0.914. The van der Waals surface area contributed by atoms with Gasteiger partial charge in [-0.15, -0.1) is 0 Å². The van der Waals surface area contributed by atoms with E-state index in [0.717, 1.165) is 25.1 Å². The van der Waals surface area contributed by atoms with Gasteiger partial charge < -0.3 is 9.67 Å². The fraction of sp³-hybridized carbons (Fsp3) is 0.333. The number of likely N-dealkylation sites (tertiary alicyclic amines) is 1. The smallest absolute Gasteiger partial charge is 0.307 e. The van der Waals surface area contributed by atoms with E-state index >= 15 is 0 Å². The van der Waals surface area contributed by atoms with Gasteiger partial charge in [-0.25, -0.2) is 0 Å². The summed E-state index contributed by atoms with van der Waals surface area (Å²) >= 11 is 0. The van der Waals surface area contributed by atoms with E-state index in [1.54, 1.807) is 22.9 Å². The van der Waals surface area contributed by atoms with Crippen LogP contribution in [0.4, 0.5) is 0 Å². The second-order valence-corrected chi connectivity index (χ2v) is 6.04. The molecule has 5 nitrogen and oxygen atoms in total. The first-order chi connectivity index (χ1) is 11.1. The maximum atomic E-state index is 11.7. The lowest BCUT2D eigenvalue weighted by Gasteiger charge is -2.15. The molecule has 2 aromatic rings. The monoisotopic (exact) mass is 312 g/mol. The molecular weight excluding hydrogens is 292 g/mol. The van der Waals surface area contributed by atoms with Gasteiger partial charge in [0.2, 0.25) is 0 Å². The van der Waals surface area contributed by atoms with E-state index in [4.69, 9.17) is 5.11 Å². The molecule has 1 unspecified atom stereocenters. The highest BCUT2D eigenvalue weighted by Crippen LogP contribution is 2.19. The largest absolute Gasteiger partial charge is 0.481 e. The van der Waals surface area contributed by atoms with Crippen LogP contribution in [0.25, 0.3) is 0 Å². The van der Waals surface area contributed by atoms with Gasteiger partial charge >= 0.3 is 5.97 Å². The van der Waals surface area contributed by atoms with Crippen molar-refractivity contribution in [1.29, 1.82) is 0 Å². The number of rotatable bonds is 5. The Balaban J connectivity index is 1.61. The third kappa shape index (κ3) is 3.87. The molecule has 1 atom stereocenters. The maximum absolute atomic E-state index is 11.7. The molecule has 1 aromatic heterocycles. The summed E-state index contributed by atoms with van der Waals surface area (Å²) in [5.41, 5.74) is 2.24. The lowest BCUT2D eigenvalue weighted by molar-refractivity contribution is -0.141. The van der Waals surface area contributed by atoms with E-state index in [1.165, 1.54) is 5.56 Å². The first-order valence-electron chi connectivity index (χ1n) is 7.80. The van der Waals surface area contributed by atoms with Crippen molar-refractivity contribution in [3.63, 3.8) is 0 Å². The van der Waals surface area contributed by atoms with Crippen LogP contribution in [0.3, 0.4) is 0 Å². The molecule has 3 rings (SSSR count). The van der Waals surface area contributed by atoms with Gasteiger partial charge in [-0.1, -0.05) is 30.3 Å². The molecule has 0 radical (unpaired) electrons. The Morgan fingerprint density at radius 2 is 1.78 bits per heavy atom. The predicted molar refractivity (Wildman–Crippen MR) is 87.3 cm³/mol. The van der Waals surface area contributed by atoms with Crippen LogP contribution in [-0.4, -0.2) is 33.6 Å². The van der Waals surface area contributed by atoms with Gasteiger partial charge in [0.05, 0.1) is 12.5 Å². The Morgan fingerprint density at radius 3 is 2.39 bits per heavy atom. The molecule has 1 aliphatic rings. The van der Waals surface area contributed by atoms with Crippen molar-refractivity contribution in [3.05, 3.63) is 70.1 Å². The van der Waals surface area contributed by atoms with Crippen molar-refractivity contribution in [2.45, 2.75) is 19.5 Å². The van der Waals surface area contributed by atoms with Gasteiger partial charge in [0.25, 0.3) is 5.56 Å². The number of aromatic nitrogens is 1. The summed E-state index contributed by atoms with van der Waals surface area (Å²) in [6, 6.07) is 13.3. The highest BCUT2D eigenvalue weighted by atomic mass is 16.4. The molecule has 1 aromatic carbocycles. The molecule has 1 aliphatic heterocycles. The molecule has 0 amide bonds. The molecule has 5 heteroatoms. The number of carboxylic acids is 1. The summed E-state index contributed by atoms with van der Waals surface area (Å²) in [4.78, 5) is 24.9. The van der Waals surface area contributed by atoms with Gasteiger partial charge in [-0.05, 0) is 30.2 Å². The van der Waals surface area contributed by atoms with Crippen LogP contribution in [0.1, 0.15) is 17.5 Å². The molecule has 1 N–H and O–H groups in total. The Bertz CT molecular complexity index is 736. The zero-order valence-electron chi connectivity index (χ0n) is 12.9. The number of nitrogens with zero attached hydrogens (tertiary/aromatic N) is 2. The highest BCUT2D eigenvalue weighted by molar-refractivity contribution is 5.70. The number of benzene rings is 1. The number of hydrogen-bond acceptors (Lipinski definition) is 3. The topological polar surface area (TPSA) is 62.5 Å². The standard InChI is InChI=1S/C18H20N2O3/c21-17-3-1-2-9-20(17)12-15-6-4-14(5-7-15)11-19-10-8-16(13-19)18(22)23/h1-7,9,16H,8,10-13H2,(H,22,23). The van der Waals surface area contributed by atoms with Crippen molar-refractivity contribution in [2.75, 3.05) is 13.1 Å². The Labute approximate surface area is 134 Å². The van der Waals surface area contributed by atoms with Crippen molar-refractivity contribution in [1.82, 2.24) is 9.47 Å². The Morgan fingerprint density at radius 1 is 1.09 bits per heavy atom. The van der Waals surface area contributed by atoms with E-state index in [9.17, 15) is 9.59 Å². The lowest BCUT2D eigenvalue weighted by Crippen LogP contribution is -2.22. The highest BCUT2D eigenvalue weighted by Gasteiger charge is 2.27. The van der Waals surface area contributed by atoms with Gasteiger partial charge in [0.1, 0.15) is 0 Å². The molecule has 0 spiro atoms. The van der Waals surface area contributed by atoms with E-state index in [1.807, 2.05) is 18.2 Å². The molecular formula is C18H20N2O3. The molecule has 0 aliphatic carbocycles. The summed E-state index contributed by atoms with van der Waals surface area (Å²) in [6.45, 7) is 2.79. The number of hydrogen-bond donors (Lipinski definition) is 1. The van der Waals surface area contributed by atoms with Crippen LogP contribution in [-0.2, 0) is 17.9 Å². The third-order valence-corrected chi connectivity index (χ3v) is 4.30. The van der Waals surface area contributed by atoms with Gasteiger partial charge in [-0.2, -0.15) is 0 Å². The molecule has 23 heavy (non-hydrogen) atoms. The molecule has 1 saturated heterocycles. The van der Waals surface area contributed by atoms with Crippen LogP contribution < -0.4 is 5.56 Å². The average molecular weight is 312 g/mol. The number of carbonyl (C=O) groups is 1. The van der Waals surface area contributed by atoms with Crippen molar-refractivity contribution < 1.29 is 9.90 Å². The summed E-state index contributed by atoms with van der Waals surface area (Å²) in [6.07, 6.45) is 2.51. The summed E-state index contributed by atoms with van der Waals surface area (Å²) < 4.78 is 1.67. The van der Waals surface area contributed by atoms with Gasteiger partial charge in [0, 0.05) is 25.4 Å². The summed E-state index contributed by atoms with van der Waals surface area (Å²) in [5, 5.41) is 9.04. The zero-order chi connectivity index (χ0) is 16.2. The number of pyridine rings is 1. The Kier molecular flexibility index (Phi) is 4.57. The minimum atomic E-state index is -0.698. The average Bonchev–Trinajstić information content (AvgIpc) is 3.00. The lowest BCUT2D eigenvalue weighted by atomic mass is 10.1. The zero-order valence-corrected chi connectivity index (χ0v) is 12.9. The SMILES string of the molecule is O=C(O)C1CCN(Cc2ccc(Cn3ccccc3=O)cc2)C1. The molecule has 2 heterocycles. The van der Waals surface area contributed by atoms with Crippen molar-refractivity contribution in [3.8, 4) is 0 Å². The second kappa shape index (κ2) is 6.79. The van der Waals surface area contributed by atoms with E-state index in [0.29, 0.717) is 13.1 Å².